The predicted molar refractivity (Wildman–Crippen MR) is 95.0 cm³/mol. The maximum absolute atomic E-state index is 13.9. The van der Waals surface area contributed by atoms with Crippen LogP contribution in [0.15, 0.2) is 23.3 Å². The van der Waals surface area contributed by atoms with Crippen molar-refractivity contribution >= 4 is 11.6 Å². The second-order valence-corrected chi connectivity index (χ2v) is 7.32. The molecule has 1 fully saturated rings. The van der Waals surface area contributed by atoms with Crippen LogP contribution in [0, 0.1) is 11.8 Å². The van der Waals surface area contributed by atoms with E-state index in [-0.39, 0.29) is 29.5 Å². The number of rotatable bonds is 4. The summed E-state index contributed by atoms with van der Waals surface area (Å²) in [5.41, 5.74) is -2.65. The molecule has 2 aliphatic rings. The van der Waals surface area contributed by atoms with Gasteiger partial charge in [0.15, 0.2) is 11.5 Å². The van der Waals surface area contributed by atoms with Gasteiger partial charge < -0.3 is 14.6 Å². The minimum absolute atomic E-state index is 0.0127. The number of halogens is 3. The Morgan fingerprint density at radius 1 is 1.32 bits per heavy atom. The van der Waals surface area contributed by atoms with E-state index in [1.54, 1.807) is 12.1 Å². The molecule has 0 saturated heterocycles. The Balaban J connectivity index is 1.90. The zero-order chi connectivity index (χ0) is 20.7. The number of hydrazone groups is 1. The molecule has 28 heavy (non-hydrogen) atoms. The first-order valence-corrected chi connectivity index (χ1v) is 9.02. The third-order valence-corrected chi connectivity index (χ3v) is 5.43. The molecular formula is C19H23F3N2O4. The van der Waals surface area contributed by atoms with Gasteiger partial charge in [0.25, 0.3) is 5.72 Å². The lowest BCUT2D eigenvalue weighted by molar-refractivity contribution is -0.317. The van der Waals surface area contributed by atoms with Crippen molar-refractivity contribution in [1.29, 1.82) is 0 Å². The van der Waals surface area contributed by atoms with Crippen molar-refractivity contribution in [3.63, 3.8) is 0 Å². The quantitative estimate of drug-likeness (QED) is 0.843. The maximum Gasteiger partial charge on any atom is 0.439 e. The minimum atomic E-state index is -5.02. The topological polar surface area (TPSA) is 71.4 Å². The second kappa shape index (κ2) is 7.27. The molecule has 1 saturated carbocycles. The molecule has 9 heteroatoms. The normalized spacial score (nSPS) is 27.2. The van der Waals surface area contributed by atoms with Gasteiger partial charge in [-0.2, -0.15) is 23.3 Å². The summed E-state index contributed by atoms with van der Waals surface area (Å²) in [6.45, 7) is 1.84. The molecule has 1 aliphatic heterocycles. The number of amides is 1. The van der Waals surface area contributed by atoms with Gasteiger partial charge in [-0.25, -0.2) is 0 Å². The highest BCUT2D eigenvalue weighted by atomic mass is 19.4. The van der Waals surface area contributed by atoms with Crippen molar-refractivity contribution in [3.8, 4) is 11.5 Å². The van der Waals surface area contributed by atoms with E-state index in [2.05, 4.69) is 5.10 Å². The molecule has 3 rings (SSSR count). The smallest absolute Gasteiger partial charge is 0.439 e. The summed E-state index contributed by atoms with van der Waals surface area (Å²) in [4.78, 5) is 12.7. The summed E-state index contributed by atoms with van der Waals surface area (Å²) in [5.74, 6) is -1.35. The van der Waals surface area contributed by atoms with E-state index in [4.69, 9.17) is 9.47 Å². The maximum atomic E-state index is 13.9. The average Bonchev–Trinajstić information content (AvgIpc) is 2.95. The van der Waals surface area contributed by atoms with E-state index in [0.717, 1.165) is 0 Å². The first-order valence-electron chi connectivity index (χ1n) is 9.02. The minimum Gasteiger partial charge on any atom is -0.493 e. The highest BCUT2D eigenvalue weighted by Crippen LogP contribution is 2.49. The van der Waals surface area contributed by atoms with Crippen LogP contribution >= 0.6 is 0 Å². The molecule has 154 valence electrons. The van der Waals surface area contributed by atoms with Gasteiger partial charge in [-0.15, -0.1) is 0 Å². The van der Waals surface area contributed by atoms with Crippen molar-refractivity contribution in [2.45, 2.75) is 44.5 Å². The summed E-state index contributed by atoms with van der Waals surface area (Å²) in [5, 5.41) is 14.8. The second-order valence-electron chi connectivity index (χ2n) is 7.32. The molecule has 1 aliphatic carbocycles. The number of nitrogens with zero attached hydrogens (tertiary/aromatic N) is 2. The van der Waals surface area contributed by atoms with Crippen LogP contribution in [0.25, 0.3) is 0 Å². The van der Waals surface area contributed by atoms with Gasteiger partial charge in [0.2, 0.25) is 5.91 Å². The lowest BCUT2D eigenvalue weighted by Gasteiger charge is -2.39. The number of alkyl halides is 3. The Morgan fingerprint density at radius 3 is 2.61 bits per heavy atom. The number of ether oxygens (including phenoxy) is 2. The van der Waals surface area contributed by atoms with Gasteiger partial charge in [-0.3, -0.25) is 4.79 Å². The highest BCUT2D eigenvalue weighted by molar-refractivity contribution is 5.93. The zero-order valence-electron chi connectivity index (χ0n) is 15.9. The van der Waals surface area contributed by atoms with Crippen molar-refractivity contribution in [3.05, 3.63) is 23.8 Å². The lowest BCUT2D eigenvalue weighted by Crippen LogP contribution is -2.62. The molecule has 0 aromatic heterocycles. The molecule has 1 aromatic rings. The van der Waals surface area contributed by atoms with Gasteiger partial charge in [0.1, 0.15) is 0 Å². The Hall–Kier alpha value is -2.29. The summed E-state index contributed by atoms with van der Waals surface area (Å²) in [7, 11) is 2.87. The summed E-state index contributed by atoms with van der Waals surface area (Å²) < 4.78 is 51.8. The van der Waals surface area contributed by atoms with Crippen LogP contribution in [0.2, 0.25) is 0 Å². The van der Waals surface area contributed by atoms with Crippen LogP contribution in [0.3, 0.4) is 0 Å². The van der Waals surface area contributed by atoms with Crippen molar-refractivity contribution in [1.82, 2.24) is 5.01 Å². The monoisotopic (exact) mass is 400 g/mol. The Morgan fingerprint density at radius 2 is 2.00 bits per heavy atom. The summed E-state index contributed by atoms with van der Waals surface area (Å²) in [6.07, 6.45) is -4.23. The molecule has 0 unspecified atom stereocenters. The Kier molecular flexibility index (Phi) is 5.31. The standard InChI is InChI=1S/C19H23F3N2O4/c1-11-4-6-14-13(8-11)18(26,19(20,21)22)24(23-14)17(25)10-12-5-7-15(27-2)16(9-12)28-3/h5,7,9,11,13,26H,4,6,8,10H2,1-3H3/t11-,13+,18-/m0/s1. The fourth-order valence-corrected chi connectivity index (χ4v) is 3.90. The van der Waals surface area contributed by atoms with Crippen LogP contribution in [0.4, 0.5) is 13.2 Å². The van der Waals surface area contributed by atoms with Crippen LogP contribution in [-0.4, -0.2) is 47.9 Å². The lowest BCUT2D eigenvalue weighted by atomic mass is 9.76. The molecule has 0 spiro atoms. The van der Waals surface area contributed by atoms with Crippen molar-refractivity contribution in [2.24, 2.45) is 16.9 Å². The zero-order valence-corrected chi connectivity index (χ0v) is 15.9. The molecule has 3 atom stereocenters. The number of carbonyl (C=O) groups excluding carboxylic acids is 1. The van der Waals surface area contributed by atoms with E-state index in [0.29, 0.717) is 29.9 Å². The average molecular weight is 400 g/mol. The van der Waals surface area contributed by atoms with Crippen molar-refractivity contribution in [2.75, 3.05) is 14.2 Å². The van der Waals surface area contributed by atoms with Gasteiger partial charge in [0.05, 0.1) is 26.6 Å². The van der Waals surface area contributed by atoms with E-state index in [1.807, 2.05) is 6.92 Å². The van der Waals surface area contributed by atoms with Crippen LogP contribution in [0.1, 0.15) is 31.7 Å². The molecule has 0 bridgehead atoms. The van der Waals surface area contributed by atoms with Crippen molar-refractivity contribution < 1.29 is 32.5 Å². The van der Waals surface area contributed by atoms with E-state index in [9.17, 15) is 23.1 Å². The number of hydrogen-bond acceptors (Lipinski definition) is 5. The van der Waals surface area contributed by atoms with Gasteiger partial charge in [0, 0.05) is 5.71 Å². The number of hydrogen-bond donors (Lipinski definition) is 1. The fourth-order valence-electron chi connectivity index (χ4n) is 3.90. The van der Waals surface area contributed by atoms with Gasteiger partial charge in [-0.1, -0.05) is 13.0 Å². The largest absolute Gasteiger partial charge is 0.493 e. The molecule has 6 nitrogen and oxygen atoms in total. The fraction of sp³-hybridized carbons (Fsp3) is 0.579. The first-order chi connectivity index (χ1) is 13.1. The number of fused-ring (bicyclic) bond motifs is 1. The third kappa shape index (κ3) is 3.32. The molecule has 1 N–H and O–H groups in total. The predicted octanol–water partition coefficient (Wildman–Crippen LogP) is 3.13. The summed E-state index contributed by atoms with van der Waals surface area (Å²) in [6, 6.07) is 4.64. The number of carbonyl (C=O) groups is 1. The van der Waals surface area contributed by atoms with E-state index in [1.165, 1.54) is 20.3 Å². The Labute approximate surface area is 160 Å². The van der Waals surface area contributed by atoms with E-state index < -0.39 is 23.7 Å². The molecule has 1 aromatic carbocycles. The number of methoxy groups -OCH3 is 2. The van der Waals surface area contributed by atoms with Crippen LogP contribution in [-0.2, 0) is 11.2 Å². The molecule has 0 radical (unpaired) electrons. The van der Waals surface area contributed by atoms with Gasteiger partial charge >= 0.3 is 6.18 Å². The number of benzene rings is 1. The molecule has 1 heterocycles. The van der Waals surface area contributed by atoms with Crippen LogP contribution in [0.5, 0.6) is 11.5 Å². The van der Waals surface area contributed by atoms with Gasteiger partial charge in [-0.05, 0) is 42.9 Å². The van der Waals surface area contributed by atoms with E-state index >= 15 is 0 Å². The summed E-state index contributed by atoms with van der Waals surface area (Å²) >= 11 is 0. The molecule has 1 amide bonds. The third-order valence-electron chi connectivity index (χ3n) is 5.43. The molecular weight excluding hydrogens is 377 g/mol. The Bertz CT molecular complexity index is 796. The SMILES string of the molecule is COc1ccc(CC(=O)N2N=C3CC[C@H](C)C[C@H]3[C@]2(O)C(F)(F)F)cc1OC. The highest BCUT2D eigenvalue weighted by Gasteiger charge is 2.68. The first kappa shape index (κ1) is 20.4. The van der Waals surface area contributed by atoms with Crippen LogP contribution < -0.4 is 9.47 Å². The number of aliphatic hydroxyl groups is 1.